The van der Waals surface area contributed by atoms with Crippen LogP contribution in [0.4, 0.5) is 0 Å². The Morgan fingerprint density at radius 2 is 1.81 bits per heavy atom. The maximum absolute atomic E-state index is 12.8. The summed E-state index contributed by atoms with van der Waals surface area (Å²) in [6, 6.07) is 4.20. The Morgan fingerprint density at radius 3 is 2.48 bits per heavy atom. The van der Waals surface area contributed by atoms with E-state index >= 15 is 0 Å². The number of piperidine rings is 1. The topological polar surface area (TPSA) is 74.8 Å². The minimum absolute atomic E-state index is 0.0235. The quantitative estimate of drug-likeness (QED) is 0.754. The number of aromatic amines is 1. The molecule has 0 aliphatic carbocycles. The number of H-pyrrole nitrogens is 1. The van der Waals surface area contributed by atoms with Crippen LogP contribution >= 0.6 is 0 Å². The van der Waals surface area contributed by atoms with Crippen molar-refractivity contribution in [3.63, 3.8) is 0 Å². The molecule has 1 N–H and O–H groups in total. The van der Waals surface area contributed by atoms with Crippen molar-refractivity contribution >= 4 is 16.9 Å². The summed E-state index contributed by atoms with van der Waals surface area (Å²) in [5, 5.41) is 1.19. The van der Waals surface area contributed by atoms with Gasteiger partial charge in [-0.1, -0.05) is 20.8 Å². The molecule has 6 heteroatoms. The predicted molar refractivity (Wildman–Crippen MR) is 105 cm³/mol. The van der Waals surface area contributed by atoms with Crippen molar-refractivity contribution in [2.24, 2.45) is 0 Å². The lowest BCUT2D eigenvalue weighted by molar-refractivity contribution is 0.0712. The van der Waals surface area contributed by atoms with Gasteiger partial charge in [-0.05, 0) is 36.5 Å². The molecule has 3 aromatic rings. The standard InChI is InChI=1S/C21H25N5O/c1-21(2,3)20-24-12-15(13-25-20)19(27)26-10-6-14(7-11-26)16-4-8-22-18-17(16)5-9-23-18/h4-5,8-9,12-14H,6-7,10-11H2,1-3H3,(H,22,23). The highest BCUT2D eigenvalue weighted by Crippen LogP contribution is 2.32. The number of hydrogen-bond acceptors (Lipinski definition) is 4. The maximum Gasteiger partial charge on any atom is 0.256 e. The van der Waals surface area contributed by atoms with E-state index in [1.807, 2.05) is 17.3 Å². The van der Waals surface area contributed by atoms with E-state index in [2.05, 4.69) is 52.8 Å². The van der Waals surface area contributed by atoms with Crippen LogP contribution in [-0.4, -0.2) is 43.8 Å². The molecule has 140 valence electrons. The first-order valence-electron chi connectivity index (χ1n) is 9.47. The monoisotopic (exact) mass is 363 g/mol. The van der Waals surface area contributed by atoms with E-state index in [1.165, 1.54) is 10.9 Å². The number of nitrogens with one attached hydrogen (secondary N) is 1. The van der Waals surface area contributed by atoms with Crippen LogP contribution in [0, 0.1) is 0 Å². The van der Waals surface area contributed by atoms with Crippen molar-refractivity contribution in [2.45, 2.75) is 44.9 Å². The number of aromatic nitrogens is 4. The number of amides is 1. The number of pyridine rings is 1. The second-order valence-corrected chi connectivity index (χ2v) is 8.25. The van der Waals surface area contributed by atoms with Crippen LogP contribution in [0.15, 0.2) is 36.9 Å². The fourth-order valence-corrected chi connectivity index (χ4v) is 3.74. The molecule has 4 heterocycles. The summed E-state index contributed by atoms with van der Waals surface area (Å²) in [6.45, 7) is 7.69. The lowest BCUT2D eigenvalue weighted by Crippen LogP contribution is -2.38. The number of likely N-dealkylation sites (tertiary alicyclic amines) is 1. The van der Waals surface area contributed by atoms with Crippen LogP contribution in [0.2, 0.25) is 0 Å². The summed E-state index contributed by atoms with van der Waals surface area (Å²) in [7, 11) is 0. The molecule has 27 heavy (non-hydrogen) atoms. The number of fused-ring (bicyclic) bond motifs is 1. The molecule has 0 radical (unpaired) electrons. The van der Waals surface area contributed by atoms with E-state index in [4.69, 9.17) is 0 Å². The minimum atomic E-state index is -0.117. The van der Waals surface area contributed by atoms with Crippen LogP contribution in [0.25, 0.3) is 11.0 Å². The third kappa shape index (κ3) is 3.44. The molecule has 0 saturated carbocycles. The molecule has 1 aliphatic heterocycles. The van der Waals surface area contributed by atoms with Crippen molar-refractivity contribution in [3.05, 3.63) is 53.9 Å². The summed E-state index contributed by atoms with van der Waals surface area (Å²) in [5.41, 5.74) is 2.71. The lowest BCUT2D eigenvalue weighted by atomic mass is 9.88. The first kappa shape index (κ1) is 17.6. The molecular formula is C21H25N5O. The average molecular weight is 363 g/mol. The van der Waals surface area contributed by atoms with Gasteiger partial charge in [-0.3, -0.25) is 4.79 Å². The fraction of sp³-hybridized carbons (Fsp3) is 0.429. The highest BCUT2D eigenvalue weighted by Gasteiger charge is 2.26. The van der Waals surface area contributed by atoms with Crippen molar-refractivity contribution in [2.75, 3.05) is 13.1 Å². The van der Waals surface area contributed by atoms with Gasteiger partial charge in [0.25, 0.3) is 5.91 Å². The summed E-state index contributed by atoms with van der Waals surface area (Å²) in [4.78, 5) is 31.0. The SMILES string of the molecule is CC(C)(C)c1ncc(C(=O)N2CCC(c3ccnc4[nH]ccc34)CC2)cn1. The molecule has 0 spiro atoms. The molecule has 0 unspecified atom stereocenters. The first-order chi connectivity index (χ1) is 12.9. The molecule has 0 atom stereocenters. The van der Waals surface area contributed by atoms with Crippen molar-refractivity contribution in [1.29, 1.82) is 0 Å². The minimum Gasteiger partial charge on any atom is -0.346 e. The van der Waals surface area contributed by atoms with Crippen LogP contribution in [0.1, 0.15) is 61.3 Å². The Bertz CT molecular complexity index is 947. The Balaban J connectivity index is 1.44. The molecule has 4 rings (SSSR count). The second-order valence-electron chi connectivity index (χ2n) is 8.25. The Kier molecular flexibility index (Phi) is 4.42. The van der Waals surface area contributed by atoms with Crippen LogP contribution in [0.3, 0.4) is 0 Å². The third-order valence-electron chi connectivity index (χ3n) is 5.29. The largest absolute Gasteiger partial charge is 0.346 e. The summed E-state index contributed by atoms with van der Waals surface area (Å²) in [5.74, 6) is 1.23. The highest BCUT2D eigenvalue weighted by atomic mass is 16.2. The lowest BCUT2D eigenvalue weighted by Gasteiger charge is -2.32. The van der Waals surface area contributed by atoms with Gasteiger partial charge in [0.05, 0.1) is 5.56 Å². The number of carbonyl (C=O) groups is 1. The number of nitrogens with zero attached hydrogens (tertiary/aromatic N) is 4. The molecule has 1 aliphatic rings. The van der Waals surface area contributed by atoms with Gasteiger partial charge in [0.15, 0.2) is 0 Å². The van der Waals surface area contributed by atoms with Crippen LogP contribution in [0.5, 0.6) is 0 Å². The summed E-state index contributed by atoms with van der Waals surface area (Å²) in [6.07, 6.45) is 9.03. The van der Waals surface area contributed by atoms with Crippen molar-refractivity contribution in [1.82, 2.24) is 24.8 Å². The number of carbonyl (C=O) groups excluding carboxylic acids is 1. The molecule has 1 saturated heterocycles. The van der Waals surface area contributed by atoms with E-state index < -0.39 is 0 Å². The zero-order valence-electron chi connectivity index (χ0n) is 16.1. The molecule has 3 aromatic heterocycles. The third-order valence-corrected chi connectivity index (χ3v) is 5.29. The van der Waals surface area contributed by atoms with Gasteiger partial charge in [0.1, 0.15) is 11.5 Å². The van der Waals surface area contributed by atoms with Crippen molar-refractivity contribution in [3.8, 4) is 0 Å². The van der Waals surface area contributed by atoms with Gasteiger partial charge >= 0.3 is 0 Å². The van der Waals surface area contributed by atoms with Gasteiger partial charge in [0.2, 0.25) is 0 Å². The van der Waals surface area contributed by atoms with E-state index in [0.717, 1.165) is 37.4 Å². The first-order valence-corrected chi connectivity index (χ1v) is 9.47. The molecule has 0 bridgehead atoms. The van der Waals surface area contributed by atoms with Gasteiger partial charge in [-0.2, -0.15) is 0 Å². The summed E-state index contributed by atoms with van der Waals surface area (Å²) < 4.78 is 0. The normalized spacial score (nSPS) is 16.0. The van der Waals surface area contributed by atoms with Crippen LogP contribution in [-0.2, 0) is 5.41 Å². The van der Waals surface area contributed by atoms with E-state index in [1.54, 1.807) is 12.4 Å². The number of hydrogen-bond donors (Lipinski definition) is 1. The Hall–Kier alpha value is -2.76. The molecular weight excluding hydrogens is 338 g/mol. The van der Waals surface area contributed by atoms with E-state index in [-0.39, 0.29) is 11.3 Å². The fourth-order valence-electron chi connectivity index (χ4n) is 3.74. The summed E-state index contributed by atoms with van der Waals surface area (Å²) >= 11 is 0. The number of rotatable bonds is 2. The highest BCUT2D eigenvalue weighted by molar-refractivity contribution is 5.93. The smallest absolute Gasteiger partial charge is 0.256 e. The maximum atomic E-state index is 12.8. The van der Waals surface area contributed by atoms with Gasteiger partial charge in [0, 0.05) is 48.7 Å². The van der Waals surface area contributed by atoms with Crippen LogP contribution < -0.4 is 0 Å². The zero-order chi connectivity index (χ0) is 19.0. The molecule has 0 aromatic carbocycles. The average Bonchev–Trinajstić information content (AvgIpc) is 3.16. The molecule has 6 nitrogen and oxygen atoms in total. The van der Waals surface area contributed by atoms with Gasteiger partial charge in [-0.25, -0.2) is 15.0 Å². The predicted octanol–water partition coefficient (Wildman–Crippen LogP) is 3.67. The van der Waals surface area contributed by atoms with Crippen molar-refractivity contribution < 1.29 is 4.79 Å². The Morgan fingerprint density at radius 1 is 1.11 bits per heavy atom. The molecule has 1 fully saturated rings. The zero-order valence-corrected chi connectivity index (χ0v) is 16.1. The van der Waals surface area contributed by atoms with Gasteiger partial charge < -0.3 is 9.88 Å². The van der Waals surface area contributed by atoms with E-state index in [0.29, 0.717) is 11.5 Å². The Labute approximate surface area is 159 Å². The van der Waals surface area contributed by atoms with E-state index in [9.17, 15) is 4.79 Å². The van der Waals surface area contributed by atoms with Gasteiger partial charge in [-0.15, -0.1) is 0 Å². The molecule has 1 amide bonds. The second kappa shape index (κ2) is 6.76.